The van der Waals surface area contributed by atoms with Crippen LogP contribution in [0.2, 0.25) is 0 Å². The molecule has 0 unspecified atom stereocenters. The monoisotopic (exact) mass is 349 g/mol. The van der Waals surface area contributed by atoms with Crippen molar-refractivity contribution in [2.45, 2.75) is 17.7 Å². The third-order valence-electron chi connectivity index (χ3n) is 3.44. The highest BCUT2D eigenvalue weighted by molar-refractivity contribution is 7.92. The number of hydrogen-bond acceptors (Lipinski definition) is 4. The van der Waals surface area contributed by atoms with Crippen molar-refractivity contribution in [3.63, 3.8) is 0 Å². The number of benzene rings is 2. The molecule has 0 saturated heterocycles. The molecule has 0 heterocycles. The Labute approximate surface area is 141 Å². The second-order valence-electron chi connectivity index (χ2n) is 5.06. The van der Waals surface area contributed by atoms with Crippen molar-refractivity contribution < 1.29 is 23.1 Å². The van der Waals surface area contributed by atoms with Gasteiger partial charge in [-0.25, -0.2) is 8.42 Å². The summed E-state index contributed by atoms with van der Waals surface area (Å²) >= 11 is 0. The van der Waals surface area contributed by atoms with Gasteiger partial charge in [0.15, 0.2) is 0 Å². The van der Waals surface area contributed by atoms with Crippen molar-refractivity contribution in [3.05, 3.63) is 54.6 Å². The van der Waals surface area contributed by atoms with Gasteiger partial charge in [0.1, 0.15) is 5.75 Å². The summed E-state index contributed by atoms with van der Waals surface area (Å²) in [5.74, 6) is -0.556. The van der Waals surface area contributed by atoms with Gasteiger partial charge < -0.3 is 9.84 Å². The first-order valence-corrected chi connectivity index (χ1v) is 8.83. The summed E-state index contributed by atoms with van der Waals surface area (Å²) in [7, 11) is -2.36. The van der Waals surface area contributed by atoms with Gasteiger partial charge >= 0.3 is 5.97 Å². The number of nitrogens with zero attached hydrogens (tertiary/aromatic N) is 1. The van der Waals surface area contributed by atoms with Gasteiger partial charge in [0, 0.05) is 13.0 Å². The molecule has 0 spiro atoms. The summed E-state index contributed by atoms with van der Waals surface area (Å²) in [5, 5.41) is 8.82. The van der Waals surface area contributed by atoms with E-state index in [1.807, 2.05) is 0 Å². The average Bonchev–Trinajstić information content (AvgIpc) is 2.59. The molecule has 0 aliphatic heterocycles. The summed E-state index contributed by atoms with van der Waals surface area (Å²) in [6.45, 7) is 0.0455. The van der Waals surface area contributed by atoms with E-state index in [-0.39, 0.29) is 24.3 Å². The molecule has 1 N–H and O–H groups in total. The third-order valence-corrected chi connectivity index (χ3v) is 5.26. The summed E-state index contributed by atoms with van der Waals surface area (Å²) in [6, 6.07) is 14.8. The van der Waals surface area contributed by atoms with Gasteiger partial charge in [0.05, 0.1) is 17.7 Å². The highest BCUT2D eigenvalue weighted by Crippen LogP contribution is 2.32. The van der Waals surface area contributed by atoms with E-state index in [1.54, 1.807) is 42.5 Å². The molecule has 0 amide bonds. The van der Waals surface area contributed by atoms with E-state index in [4.69, 9.17) is 9.84 Å². The van der Waals surface area contributed by atoms with Crippen LogP contribution in [0.25, 0.3) is 0 Å². The van der Waals surface area contributed by atoms with Gasteiger partial charge in [-0.2, -0.15) is 0 Å². The van der Waals surface area contributed by atoms with Gasteiger partial charge in [0.2, 0.25) is 0 Å². The minimum atomic E-state index is -3.82. The number of hydrogen-bond donors (Lipinski definition) is 1. The van der Waals surface area contributed by atoms with Crippen LogP contribution in [0.4, 0.5) is 5.69 Å². The zero-order chi connectivity index (χ0) is 17.6. The summed E-state index contributed by atoms with van der Waals surface area (Å²) in [4.78, 5) is 10.9. The van der Waals surface area contributed by atoms with E-state index in [2.05, 4.69) is 0 Å². The Morgan fingerprint density at radius 2 is 1.71 bits per heavy atom. The molecule has 0 atom stereocenters. The standard InChI is InChI=1S/C17H19NO5S/c1-23-16-11-6-5-10-15(16)18(13-7-12-17(19)20)24(21,22)14-8-3-2-4-9-14/h2-6,8-11H,7,12-13H2,1H3,(H,19,20). The first kappa shape index (κ1) is 17.8. The summed E-state index contributed by atoms with van der Waals surface area (Å²) < 4.78 is 32.5. The lowest BCUT2D eigenvalue weighted by atomic mass is 10.2. The van der Waals surface area contributed by atoms with Crippen LogP contribution in [0.15, 0.2) is 59.5 Å². The maximum atomic E-state index is 13.0. The molecule has 128 valence electrons. The Kier molecular flexibility index (Phi) is 5.81. The molecule has 2 aromatic carbocycles. The molecule has 0 fully saturated rings. The van der Waals surface area contributed by atoms with Crippen LogP contribution in [0.3, 0.4) is 0 Å². The number of rotatable bonds is 8. The zero-order valence-corrected chi connectivity index (χ0v) is 14.1. The topological polar surface area (TPSA) is 83.9 Å². The van der Waals surface area contributed by atoms with E-state index in [9.17, 15) is 13.2 Å². The molecular weight excluding hydrogens is 330 g/mol. The summed E-state index contributed by atoms with van der Waals surface area (Å²) in [5.41, 5.74) is 0.384. The van der Waals surface area contributed by atoms with E-state index >= 15 is 0 Å². The van der Waals surface area contributed by atoms with Gasteiger partial charge in [-0.1, -0.05) is 30.3 Å². The molecule has 0 aliphatic carbocycles. The molecule has 24 heavy (non-hydrogen) atoms. The fourth-order valence-corrected chi connectivity index (χ4v) is 3.83. The van der Waals surface area contributed by atoms with Gasteiger partial charge in [-0.05, 0) is 30.7 Å². The fraction of sp³-hybridized carbons (Fsp3) is 0.235. The van der Waals surface area contributed by atoms with E-state index in [0.717, 1.165) is 0 Å². The first-order chi connectivity index (χ1) is 11.5. The molecule has 2 aromatic rings. The maximum Gasteiger partial charge on any atom is 0.303 e. The predicted molar refractivity (Wildman–Crippen MR) is 90.8 cm³/mol. The number of anilines is 1. The number of carboxylic acids is 1. The van der Waals surface area contributed by atoms with Crippen LogP contribution in [0.1, 0.15) is 12.8 Å². The largest absolute Gasteiger partial charge is 0.495 e. The Hall–Kier alpha value is -2.54. The van der Waals surface area contributed by atoms with Crippen molar-refractivity contribution in [2.75, 3.05) is 18.0 Å². The SMILES string of the molecule is COc1ccccc1N(CCCC(=O)O)S(=O)(=O)c1ccccc1. The molecule has 0 aromatic heterocycles. The Balaban J connectivity index is 2.45. The predicted octanol–water partition coefficient (Wildman–Crippen LogP) is 2.76. The van der Waals surface area contributed by atoms with Crippen LogP contribution < -0.4 is 9.04 Å². The second kappa shape index (κ2) is 7.83. The first-order valence-electron chi connectivity index (χ1n) is 7.39. The Bertz CT molecular complexity index is 790. The van der Waals surface area contributed by atoms with Gasteiger partial charge in [0.25, 0.3) is 10.0 Å². The van der Waals surface area contributed by atoms with Crippen LogP contribution in [0.5, 0.6) is 5.75 Å². The number of sulfonamides is 1. The van der Waals surface area contributed by atoms with Crippen LogP contribution in [-0.4, -0.2) is 33.1 Å². The van der Waals surface area contributed by atoms with Crippen molar-refractivity contribution in [3.8, 4) is 5.75 Å². The molecule has 2 rings (SSSR count). The van der Waals surface area contributed by atoms with Crippen LogP contribution >= 0.6 is 0 Å². The molecule has 6 nitrogen and oxygen atoms in total. The number of ether oxygens (including phenoxy) is 1. The molecule has 0 aliphatic rings. The molecule has 0 radical (unpaired) electrons. The van der Waals surface area contributed by atoms with Crippen molar-refractivity contribution in [2.24, 2.45) is 0 Å². The van der Waals surface area contributed by atoms with Gasteiger partial charge in [-0.15, -0.1) is 0 Å². The number of carbonyl (C=O) groups is 1. The van der Waals surface area contributed by atoms with Crippen molar-refractivity contribution in [1.29, 1.82) is 0 Å². The molecule has 7 heteroatoms. The lowest BCUT2D eigenvalue weighted by Crippen LogP contribution is -2.32. The number of carboxylic acid groups (broad SMARTS) is 1. The lowest BCUT2D eigenvalue weighted by molar-refractivity contribution is -0.137. The smallest absolute Gasteiger partial charge is 0.303 e. The average molecular weight is 349 g/mol. The quantitative estimate of drug-likeness (QED) is 0.792. The van der Waals surface area contributed by atoms with Crippen LogP contribution in [-0.2, 0) is 14.8 Å². The Morgan fingerprint density at radius 1 is 1.08 bits per heavy atom. The number of para-hydroxylation sites is 2. The van der Waals surface area contributed by atoms with Gasteiger partial charge in [-0.3, -0.25) is 9.10 Å². The van der Waals surface area contributed by atoms with Crippen molar-refractivity contribution in [1.82, 2.24) is 0 Å². The minimum absolute atomic E-state index is 0.0455. The maximum absolute atomic E-state index is 13.0. The second-order valence-corrected chi connectivity index (χ2v) is 6.92. The zero-order valence-electron chi connectivity index (χ0n) is 13.3. The molecular formula is C17H19NO5S. The third kappa shape index (κ3) is 4.05. The summed E-state index contributed by atoms with van der Waals surface area (Å²) in [6.07, 6.45) is 0.0788. The highest BCUT2D eigenvalue weighted by atomic mass is 32.2. The molecule has 0 saturated carbocycles. The highest BCUT2D eigenvalue weighted by Gasteiger charge is 2.26. The van der Waals surface area contributed by atoms with E-state index < -0.39 is 16.0 Å². The van der Waals surface area contributed by atoms with Crippen LogP contribution in [0, 0.1) is 0 Å². The van der Waals surface area contributed by atoms with E-state index in [0.29, 0.717) is 11.4 Å². The molecule has 0 bridgehead atoms. The van der Waals surface area contributed by atoms with E-state index in [1.165, 1.54) is 23.5 Å². The minimum Gasteiger partial charge on any atom is -0.495 e. The Morgan fingerprint density at radius 3 is 2.33 bits per heavy atom. The fourth-order valence-electron chi connectivity index (χ4n) is 2.30. The van der Waals surface area contributed by atoms with Crippen molar-refractivity contribution >= 4 is 21.7 Å². The number of methoxy groups -OCH3 is 1. The number of aliphatic carboxylic acids is 1. The lowest BCUT2D eigenvalue weighted by Gasteiger charge is -2.26. The normalized spacial score (nSPS) is 11.0.